The van der Waals surface area contributed by atoms with Crippen LogP contribution in [0.5, 0.6) is 11.5 Å². The average molecular weight is 385 g/mol. The maximum Gasteiger partial charge on any atom is 0.330 e. The third-order valence-electron chi connectivity index (χ3n) is 7.12. The molecule has 0 bridgehead atoms. The van der Waals surface area contributed by atoms with Crippen LogP contribution in [0.25, 0.3) is 6.08 Å². The molecule has 0 amide bonds. The lowest BCUT2D eigenvalue weighted by Gasteiger charge is -2.57. The molecule has 3 atom stereocenters. The molecule has 2 aliphatic rings. The van der Waals surface area contributed by atoms with Crippen LogP contribution in [0.2, 0.25) is 0 Å². The zero-order chi connectivity index (χ0) is 20.5. The van der Waals surface area contributed by atoms with Gasteiger partial charge in [-0.2, -0.15) is 0 Å². The molecular formula is C24H32O4. The summed E-state index contributed by atoms with van der Waals surface area (Å²) >= 11 is 0. The topological polar surface area (TPSA) is 66.8 Å². The largest absolute Gasteiger partial charge is 0.504 e. The zero-order valence-electron chi connectivity index (χ0n) is 17.2. The van der Waals surface area contributed by atoms with E-state index in [4.69, 9.17) is 4.74 Å². The predicted octanol–water partition coefficient (Wildman–Crippen LogP) is 5.45. The van der Waals surface area contributed by atoms with Gasteiger partial charge in [0.05, 0.1) is 6.61 Å². The summed E-state index contributed by atoms with van der Waals surface area (Å²) in [6, 6.07) is 4.41. The van der Waals surface area contributed by atoms with Crippen LogP contribution in [-0.4, -0.2) is 22.8 Å². The monoisotopic (exact) mass is 384 g/mol. The van der Waals surface area contributed by atoms with Crippen molar-refractivity contribution in [2.45, 2.75) is 52.9 Å². The Morgan fingerprint density at radius 2 is 2.00 bits per heavy atom. The van der Waals surface area contributed by atoms with Gasteiger partial charge in [0.1, 0.15) is 0 Å². The van der Waals surface area contributed by atoms with E-state index >= 15 is 0 Å². The summed E-state index contributed by atoms with van der Waals surface area (Å²) in [5.41, 5.74) is 2.27. The van der Waals surface area contributed by atoms with Crippen molar-refractivity contribution in [2.75, 3.05) is 6.61 Å². The molecule has 4 heteroatoms. The summed E-state index contributed by atoms with van der Waals surface area (Å²) in [5, 5.41) is 18.9. The molecule has 0 spiro atoms. The molecule has 0 aliphatic heterocycles. The van der Waals surface area contributed by atoms with Gasteiger partial charge in [-0.1, -0.05) is 45.4 Å². The molecule has 0 heterocycles. The number of esters is 1. The molecule has 152 valence electrons. The van der Waals surface area contributed by atoms with Gasteiger partial charge in [-0.25, -0.2) is 4.79 Å². The molecule has 3 rings (SSSR count). The number of phenols is 2. The normalized spacial score (nSPS) is 29.5. The Hall–Kier alpha value is -2.23. The van der Waals surface area contributed by atoms with Crippen LogP contribution in [0.3, 0.4) is 0 Å². The fourth-order valence-corrected chi connectivity index (χ4v) is 5.60. The van der Waals surface area contributed by atoms with Crippen LogP contribution in [-0.2, 0) is 9.53 Å². The number of fused-ring (bicyclic) bond motifs is 1. The van der Waals surface area contributed by atoms with Gasteiger partial charge in [0, 0.05) is 12.0 Å². The van der Waals surface area contributed by atoms with Gasteiger partial charge in [-0.3, -0.25) is 0 Å². The highest BCUT2D eigenvalue weighted by Gasteiger charge is 2.53. The zero-order valence-corrected chi connectivity index (χ0v) is 17.2. The Kier molecular flexibility index (Phi) is 5.60. The summed E-state index contributed by atoms with van der Waals surface area (Å²) < 4.78 is 5.61. The van der Waals surface area contributed by atoms with Crippen molar-refractivity contribution in [3.8, 4) is 11.5 Å². The van der Waals surface area contributed by atoms with Crippen molar-refractivity contribution in [3.05, 3.63) is 42.0 Å². The lowest BCUT2D eigenvalue weighted by atomic mass is 9.48. The van der Waals surface area contributed by atoms with Gasteiger partial charge in [0.15, 0.2) is 11.5 Å². The fourth-order valence-electron chi connectivity index (χ4n) is 5.60. The van der Waals surface area contributed by atoms with Crippen LogP contribution in [0.15, 0.2) is 36.4 Å². The van der Waals surface area contributed by atoms with Gasteiger partial charge in [0.25, 0.3) is 0 Å². The number of ether oxygens (including phenoxy) is 1. The van der Waals surface area contributed by atoms with E-state index < -0.39 is 5.97 Å². The first kappa shape index (κ1) is 20.5. The van der Waals surface area contributed by atoms with E-state index in [2.05, 4.69) is 27.4 Å². The first-order chi connectivity index (χ1) is 13.1. The Bertz CT molecular complexity index is 792. The SMILES string of the molecule is C=C1CCC2C(C)(C)CCCC2(C)C1COC(=O)/C=C/c1ccc(O)c(O)c1. The molecule has 4 nitrogen and oxygen atoms in total. The first-order valence-corrected chi connectivity index (χ1v) is 10.2. The van der Waals surface area contributed by atoms with Gasteiger partial charge in [-0.15, -0.1) is 0 Å². The quantitative estimate of drug-likeness (QED) is 0.313. The highest BCUT2D eigenvalue weighted by Crippen LogP contribution is 2.60. The number of benzene rings is 1. The van der Waals surface area contributed by atoms with Crippen molar-refractivity contribution < 1.29 is 19.7 Å². The molecule has 0 radical (unpaired) electrons. The van der Waals surface area contributed by atoms with Crippen molar-refractivity contribution in [1.82, 2.24) is 0 Å². The maximum absolute atomic E-state index is 12.3. The van der Waals surface area contributed by atoms with Crippen LogP contribution in [0.1, 0.15) is 58.4 Å². The molecule has 2 saturated carbocycles. The van der Waals surface area contributed by atoms with Crippen molar-refractivity contribution in [2.24, 2.45) is 22.7 Å². The Balaban J connectivity index is 1.66. The Labute approximate surface area is 167 Å². The minimum atomic E-state index is -0.402. The van der Waals surface area contributed by atoms with E-state index in [-0.39, 0.29) is 22.8 Å². The molecule has 3 unspecified atom stereocenters. The Morgan fingerprint density at radius 1 is 1.25 bits per heavy atom. The summed E-state index contributed by atoms with van der Waals surface area (Å²) in [7, 11) is 0. The average Bonchev–Trinajstić information content (AvgIpc) is 2.61. The fraction of sp³-hybridized carbons (Fsp3) is 0.542. The Morgan fingerprint density at radius 3 is 2.71 bits per heavy atom. The summed E-state index contributed by atoms with van der Waals surface area (Å²) in [5.74, 6) is 0.0159. The highest BCUT2D eigenvalue weighted by atomic mass is 16.5. The third kappa shape index (κ3) is 3.96. The van der Waals surface area contributed by atoms with Crippen LogP contribution < -0.4 is 0 Å². The second-order valence-electron chi connectivity index (χ2n) is 9.36. The van der Waals surface area contributed by atoms with E-state index in [1.807, 2.05) is 0 Å². The van der Waals surface area contributed by atoms with Gasteiger partial charge < -0.3 is 14.9 Å². The standard InChI is InChI=1S/C24H32O4/c1-16-6-10-21-23(2,3)12-5-13-24(21,4)18(16)15-28-22(27)11-8-17-7-9-19(25)20(26)14-17/h7-9,11,14,18,21,25-26H,1,5-6,10,12-13,15H2,2-4H3/b11-8+. The molecule has 2 aliphatic carbocycles. The predicted molar refractivity (Wildman–Crippen MR) is 111 cm³/mol. The number of rotatable bonds is 4. The van der Waals surface area contributed by atoms with Crippen LogP contribution >= 0.6 is 0 Å². The minimum absolute atomic E-state index is 0.129. The minimum Gasteiger partial charge on any atom is -0.504 e. The maximum atomic E-state index is 12.3. The van der Waals surface area contributed by atoms with E-state index in [1.54, 1.807) is 12.1 Å². The van der Waals surface area contributed by atoms with Gasteiger partial charge >= 0.3 is 5.97 Å². The molecule has 1 aromatic carbocycles. The molecular weight excluding hydrogens is 352 g/mol. The number of carbonyl (C=O) groups is 1. The van der Waals surface area contributed by atoms with Gasteiger partial charge in [-0.05, 0) is 66.2 Å². The van der Waals surface area contributed by atoms with E-state index in [9.17, 15) is 15.0 Å². The summed E-state index contributed by atoms with van der Waals surface area (Å²) in [4.78, 5) is 12.3. The number of aromatic hydroxyl groups is 2. The van der Waals surface area contributed by atoms with E-state index in [0.717, 1.165) is 12.8 Å². The molecule has 0 aromatic heterocycles. The van der Waals surface area contributed by atoms with Crippen molar-refractivity contribution in [1.29, 1.82) is 0 Å². The smallest absolute Gasteiger partial charge is 0.330 e. The van der Waals surface area contributed by atoms with Crippen molar-refractivity contribution >= 4 is 12.0 Å². The highest BCUT2D eigenvalue weighted by molar-refractivity contribution is 5.87. The molecule has 28 heavy (non-hydrogen) atoms. The van der Waals surface area contributed by atoms with E-state index in [0.29, 0.717) is 23.5 Å². The lowest BCUT2D eigenvalue weighted by molar-refractivity contribution is -0.143. The molecule has 1 aromatic rings. The third-order valence-corrected chi connectivity index (χ3v) is 7.12. The van der Waals surface area contributed by atoms with E-state index in [1.165, 1.54) is 43.0 Å². The number of hydrogen-bond acceptors (Lipinski definition) is 4. The number of phenolic OH excluding ortho intramolecular Hbond substituents is 2. The van der Waals surface area contributed by atoms with Crippen LogP contribution in [0, 0.1) is 22.7 Å². The molecule has 2 N–H and O–H groups in total. The second kappa shape index (κ2) is 7.65. The summed E-state index contributed by atoms with van der Waals surface area (Å²) in [6.07, 6.45) is 8.75. The lowest BCUT2D eigenvalue weighted by Crippen LogP contribution is -2.50. The first-order valence-electron chi connectivity index (χ1n) is 10.2. The second-order valence-corrected chi connectivity index (χ2v) is 9.36. The number of hydrogen-bond donors (Lipinski definition) is 2. The van der Waals surface area contributed by atoms with Gasteiger partial charge in [0.2, 0.25) is 0 Å². The number of carbonyl (C=O) groups excluding carboxylic acids is 1. The van der Waals surface area contributed by atoms with Crippen molar-refractivity contribution in [3.63, 3.8) is 0 Å². The molecule has 2 fully saturated rings. The molecule has 0 saturated heterocycles. The van der Waals surface area contributed by atoms with Crippen LogP contribution in [0.4, 0.5) is 0 Å². The summed E-state index contributed by atoms with van der Waals surface area (Å²) in [6.45, 7) is 11.8.